The highest BCUT2D eigenvalue weighted by molar-refractivity contribution is 5.81. The maximum absolute atomic E-state index is 13.2. The van der Waals surface area contributed by atoms with Crippen molar-refractivity contribution in [1.82, 2.24) is 4.98 Å². The first kappa shape index (κ1) is 11.1. The van der Waals surface area contributed by atoms with E-state index in [0.29, 0.717) is 0 Å². The minimum atomic E-state index is -1.26. The molecule has 2 aromatic rings. The predicted octanol–water partition coefficient (Wildman–Crippen LogP) is 2.09. The molecule has 0 aliphatic heterocycles. The minimum Gasteiger partial charge on any atom is -0.483 e. The molecule has 1 aromatic heterocycles. The van der Waals surface area contributed by atoms with Crippen LogP contribution in [-0.2, 0) is 6.61 Å². The van der Waals surface area contributed by atoms with Crippen molar-refractivity contribution < 1.29 is 23.4 Å². The topological polar surface area (TPSA) is 72.6 Å². The molecule has 17 heavy (non-hydrogen) atoms. The van der Waals surface area contributed by atoms with E-state index in [2.05, 4.69) is 4.98 Å². The Balaban J connectivity index is 2.02. The quantitative estimate of drug-likeness (QED) is 0.881. The second-order valence-corrected chi connectivity index (χ2v) is 3.16. The number of aromatic carboxylic acids is 1. The van der Waals surface area contributed by atoms with Crippen molar-refractivity contribution in [2.75, 3.05) is 0 Å². The summed E-state index contributed by atoms with van der Waals surface area (Å²) in [5.41, 5.74) is 0. The van der Waals surface area contributed by atoms with Crippen LogP contribution in [0.4, 0.5) is 4.39 Å². The second kappa shape index (κ2) is 4.65. The summed E-state index contributed by atoms with van der Waals surface area (Å²) < 4.78 is 23.1. The molecule has 0 bridgehead atoms. The van der Waals surface area contributed by atoms with Gasteiger partial charge in [0.15, 0.2) is 17.3 Å². The van der Waals surface area contributed by atoms with Crippen LogP contribution in [-0.4, -0.2) is 16.1 Å². The summed E-state index contributed by atoms with van der Waals surface area (Å²) in [6, 6.07) is 5.89. The van der Waals surface area contributed by atoms with Crippen LogP contribution in [0.2, 0.25) is 0 Å². The van der Waals surface area contributed by atoms with E-state index in [-0.39, 0.29) is 18.1 Å². The van der Waals surface area contributed by atoms with E-state index < -0.39 is 17.7 Å². The smallest absolute Gasteiger partial charge is 0.392 e. The van der Waals surface area contributed by atoms with E-state index in [9.17, 15) is 9.18 Å². The number of ether oxygens (including phenoxy) is 1. The molecule has 0 saturated carbocycles. The number of nitrogens with zero attached hydrogens (tertiary/aromatic N) is 1. The zero-order chi connectivity index (χ0) is 12.3. The molecule has 0 radical (unpaired) electrons. The maximum Gasteiger partial charge on any atom is 0.392 e. The molecular weight excluding hydrogens is 229 g/mol. The highest BCUT2D eigenvalue weighted by Gasteiger charge is 2.11. The van der Waals surface area contributed by atoms with Crippen LogP contribution >= 0.6 is 0 Å². The molecule has 2 rings (SSSR count). The number of rotatable bonds is 4. The van der Waals surface area contributed by atoms with Crippen molar-refractivity contribution in [3.63, 3.8) is 0 Å². The molecule has 0 aliphatic rings. The molecule has 0 aliphatic carbocycles. The Morgan fingerprint density at radius 2 is 2.24 bits per heavy atom. The molecule has 0 spiro atoms. The summed E-state index contributed by atoms with van der Waals surface area (Å²) in [4.78, 5) is 14.0. The van der Waals surface area contributed by atoms with Crippen LogP contribution in [0.15, 0.2) is 34.9 Å². The monoisotopic (exact) mass is 237 g/mol. The Bertz CT molecular complexity index is 538. The Morgan fingerprint density at radius 3 is 2.88 bits per heavy atom. The maximum atomic E-state index is 13.2. The molecule has 0 unspecified atom stereocenters. The lowest BCUT2D eigenvalue weighted by Crippen LogP contribution is -1.97. The highest BCUT2D eigenvalue weighted by atomic mass is 19.1. The van der Waals surface area contributed by atoms with E-state index in [4.69, 9.17) is 14.3 Å². The number of hydrogen-bond acceptors (Lipinski definition) is 4. The van der Waals surface area contributed by atoms with E-state index in [1.54, 1.807) is 12.1 Å². The van der Waals surface area contributed by atoms with Gasteiger partial charge in [-0.15, -0.1) is 0 Å². The number of carbonyl (C=O) groups is 1. The first-order chi connectivity index (χ1) is 8.16. The van der Waals surface area contributed by atoms with Crippen LogP contribution in [0, 0.1) is 5.82 Å². The van der Waals surface area contributed by atoms with Gasteiger partial charge in [0.1, 0.15) is 6.61 Å². The van der Waals surface area contributed by atoms with Crippen molar-refractivity contribution in [2.45, 2.75) is 6.61 Å². The van der Waals surface area contributed by atoms with Gasteiger partial charge in [-0.3, -0.25) is 0 Å². The molecular formula is C11H8FNO4. The lowest BCUT2D eigenvalue weighted by atomic mass is 10.3. The van der Waals surface area contributed by atoms with Gasteiger partial charge < -0.3 is 14.3 Å². The number of benzene rings is 1. The molecule has 1 N–H and O–H groups in total. The first-order valence-corrected chi connectivity index (χ1v) is 4.72. The van der Waals surface area contributed by atoms with Gasteiger partial charge in [0, 0.05) is 0 Å². The third-order valence-electron chi connectivity index (χ3n) is 1.94. The van der Waals surface area contributed by atoms with Crippen LogP contribution in [0.1, 0.15) is 16.4 Å². The Morgan fingerprint density at radius 1 is 1.47 bits per heavy atom. The summed E-state index contributed by atoms with van der Waals surface area (Å²) >= 11 is 0. The molecule has 88 valence electrons. The van der Waals surface area contributed by atoms with Crippen molar-refractivity contribution in [3.05, 3.63) is 47.9 Å². The summed E-state index contributed by atoms with van der Waals surface area (Å²) in [5, 5.41) is 8.57. The average molecular weight is 237 g/mol. The van der Waals surface area contributed by atoms with Crippen molar-refractivity contribution in [2.24, 2.45) is 0 Å². The predicted molar refractivity (Wildman–Crippen MR) is 54.2 cm³/mol. The van der Waals surface area contributed by atoms with Crippen LogP contribution in [0.5, 0.6) is 5.75 Å². The van der Waals surface area contributed by atoms with Gasteiger partial charge in [-0.05, 0) is 12.1 Å². The fourth-order valence-electron chi connectivity index (χ4n) is 1.18. The van der Waals surface area contributed by atoms with E-state index in [1.165, 1.54) is 18.3 Å². The molecule has 0 atom stereocenters. The number of para-hydroxylation sites is 1. The van der Waals surface area contributed by atoms with Gasteiger partial charge in [0.25, 0.3) is 0 Å². The Labute approximate surface area is 95.5 Å². The van der Waals surface area contributed by atoms with Crippen molar-refractivity contribution in [1.29, 1.82) is 0 Å². The van der Waals surface area contributed by atoms with Gasteiger partial charge in [0.05, 0.1) is 6.20 Å². The molecule has 1 aromatic carbocycles. The number of halogens is 1. The Hall–Kier alpha value is -2.37. The number of hydrogen-bond donors (Lipinski definition) is 1. The zero-order valence-electron chi connectivity index (χ0n) is 8.59. The second-order valence-electron chi connectivity index (χ2n) is 3.16. The van der Waals surface area contributed by atoms with E-state index in [0.717, 1.165) is 0 Å². The largest absolute Gasteiger partial charge is 0.483 e. The van der Waals surface area contributed by atoms with Crippen molar-refractivity contribution in [3.8, 4) is 5.75 Å². The number of aromatic nitrogens is 1. The van der Waals surface area contributed by atoms with Crippen LogP contribution < -0.4 is 4.74 Å². The highest BCUT2D eigenvalue weighted by Crippen LogP contribution is 2.17. The Kier molecular flexibility index (Phi) is 3.04. The van der Waals surface area contributed by atoms with Gasteiger partial charge in [-0.2, -0.15) is 0 Å². The third-order valence-corrected chi connectivity index (χ3v) is 1.94. The third kappa shape index (κ3) is 2.60. The number of carboxylic acid groups (broad SMARTS) is 1. The standard InChI is InChI=1S/C11H8FNO4/c12-8-3-1-2-4-9(8)16-6-7-5-13-10(17-7)11(14)15/h1-5H,6H2,(H,14,15). The lowest BCUT2D eigenvalue weighted by Gasteiger charge is -2.03. The molecule has 0 fully saturated rings. The normalized spacial score (nSPS) is 10.2. The first-order valence-electron chi connectivity index (χ1n) is 4.72. The molecule has 1 heterocycles. The average Bonchev–Trinajstić information content (AvgIpc) is 2.77. The zero-order valence-corrected chi connectivity index (χ0v) is 8.59. The minimum absolute atomic E-state index is 0.0702. The summed E-state index contributed by atoms with van der Waals surface area (Å²) in [6.07, 6.45) is 1.23. The molecule has 6 heteroatoms. The van der Waals surface area contributed by atoms with Gasteiger partial charge in [0.2, 0.25) is 0 Å². The van der Waals surface area contributed by atoms with Gasteiger partial charge in [-0.1, -0.05) is 12.1 Å². The summed E-state index contributed by atoms with van der Waals surface area (Å²) in [5.74, 6) is -1.89. The fraction of sp³-hybridized carbons (Fsp3) is 0.0909. The van der Waals surface area contributed by atoms with Gasteiger partial charge >= 0.3 is 11.9 Å². The number of carboxylic acids is 1. The van der Waals surface area contributed by atoms with Crippen LogP contribution in [0.3, 0.4) is 0 Å². The molecule has 0 saturated heterocycles. The molecule has 5 nitrogen and oxygen atoms in total. The summed E-state index contributed by atoms with van der Waals surface area (Å²) in [6.45, 7) is -0.0821. The SMILES string of the molecule is O=C(O)c1ncc(COc2ccccc2F)o1. The number of oxazole rings is 1. The summed E-state index contributed by atoms with van der Waals surface area (Å²) in [7, 11) is 0. The van der Waals surface area contributed by atoms with E-state index >= 15 is 0 Å². The lowest BCUT2D eigenvalue weighted by molar-refractivity contribution is 0.0649. The van der Waals surface area contributed by atoms with Crippen molar-refractivity contribution >= 4 is 5.97 Å². The van der Waals surface area contributed by atoms with Crippen LogP contribution in [0.25, 0.3) is 0 Å². The van der Waals surface area contributed by atoms with Gasteiger partial charge in [-0.25, -0.2) is 14.2 Å². The fourth-order valence-corrected chi connectivity index (χ4v) is 1.18. The van der Waals surface area contributed by atoms with E-state index in [1.807, 2.05) is 0 Å². The molecule has 0 amide bonds.